The fraction of sp³-hybridized carbons (Fsp3) is 0.462. The summed E-state index contributed by atoms with van der Waals surface area (Å²) >= 11 is 6.26. The van der Waals surface area contributed by atoms with E-state index in [0.717, 1.165) is 11.1 Å². The number of carboxylic acids is 1. The zero-order valence-electron chi connectivity index (χ0n) is 10.7. The number of hydrogen-bond acceptors (Lipinski definition) is 3. The van der Waals surface area contributed by atoms with Gasteiger partial charge in [0.2, 0.25) is 0 Å². The van der Waals surface area contributed by atoms with E-state index in [1.807, 2.05) is 13.0 Å². The Kier molecular flexibility index (Phi) is 5.28. The first-order valence-electron chi connectivity index (χ1n) is 5.63. The average molecular weight is 273 g/mol. The van der Waals surface area contributed by atoms with Crippen molar-refractivity contribution in [3.63, 3.8) is 0 Å². The van der Waals surface area contributed by atoms with Crippen LogP contribution in [0.1, 0.15) is 24.0 Å². The Labute approximate surface area is 111 Å². The number of rotatable bonds is 6. The lowest BCUT2D eigenvalue weighted by Gasteiger charge is -2.15. The molecule has 0 aromatic heterocycles. The van der Waals surface area contributed by atoms with Crippen molar-refractivity contribution in [1.82, 2.24) is 0 Å². The summed E-state index contributed by atoms with van der Waals surface area (Å²) in [5.74, 6) is 0.468. The molecule has 0 aliphatic carbocycles. The van der Waals surface area contributed by atoms with E-state index in [-0.39, 0.29) is 6.42 Å². The van der Waals surface area contributed by atoms with Gasteiger partial charge >= 0.3 is 5.97 Å². The molecule has 0 saturated heterocycles. The first-order chi connectivity index (χ1) is 8.51. The highest BCUT2D eigenvalue weighted by Gasteiger charge is 2.16. The number of benzene rings is 1. The van der Waals surface area contributed by atoms with Crippen LogP contribution in [0.4, 0.5) is 0 Å². The minimum absolute atomic E-state index is 0.107. The largest absolute Gasteiger partial charge is 0.496 e. The Morgan fingerprint density at radius 2 is 2.06 bits per heavy atom. The zero-order chi connectivity index (χ0) is 13.7. The van der Waals surface area contributed by atoms with Gasteiger partial charge in [-0.2, -0.15) is 0 Å². The van der Waals surface area contributed by atoms with Crippen LogP contribution in [0, 0.1) is 6.92 Å². The SMILES string of the molecule is COc1cc(C)c(OC)c(Cl)c1CCCC(=O)O. The maximum atomic E-state index is 10.5. The van der Waals surface area contributed by atoms with Crippen LogP contribution in [0.2, 0.25) is 5.02 Å². The highest BCUT2D eigenvalue weighted by molar-refractivity contribution is 6.33. The van der Waals surface area contributed by atoms with Crippen molar-refractivity contribution in [1.29, 1.82) is 0 Å². The Morgan fingerprint density at radius 1 is 1.39 bits per heavy atom. The average Bonchev–Trinajstić information content (AvgIpc) is 2.31. The van der Waals surface area contributed by atoms with Gasteiger partial charge in [-0.05, 0) is 31.4 Å². The summed E-state index contributed by atoms with van der Waals surface area (Å²) in [5.41, 5.74) is 1.68. The normalized spacial score (nSPS) is 10.2. The molecule has 0 radical (unpaired) electrons. The fourth-order valence-electron chi connectivity index (χ4n) is 1.85. The maximum Gasteiger partial charge on any atom is 0.303 e. The van der Waals surface area contributed by atoms with Crippen molar-refractivity contribution in [2.75, 3.05) is 14.2 Å². The number of ether oxygens (including phenoxy) is 2. The molecule has 1 N–H and O–H groups in total. The van der Waals surface area contributed by atoms with Gasteiger partial charge in [-0.25, -0.2) is 0 Å². The molecule has 100 valence electrons. The molecule has 0 unspecified atom stereocenters. The molecule has 4 nitrogen and oxygen atoms in total. The minimum Gasteiger partial charge on any atom is -0.496 e. The van der Waals surface area contributed by atoms with Gasteiger partial charge in [0.1, 0.15) is 11.5 Å². The number of methoxy groups -OCH3 is 2. The third-order valence-electron chi connectivity index (χ3n) is 2.71. The molecule has 0 amide bonds. The van der Waals surface area contributed by atoms with Gasteiger partial charge < -0.3 is 14.6 Å². The standard InChI is InChI=1S/C13H17ClO4/c1-8-7-10(17-2)9(5-4-6-11(15)16)12(14)13(8)18-3/h7H,4-6H2,1-3H3,(H,15,16). The quantitative estimate of drug-likeness (QED) is 0.865. The Balaban J connectivity index is 3.03. The lowest BCUT2D eigenvalue weighted by molar-refractivity contribution is -0.137. The summed E-state index contributed by atoms with van der Waals surface area (Å²) in [4.78, 5) is 10.5. The predicted molar refractivity (Wildman–Crippen MR) is 69.9 cm³/mol. The number of halogens is 1. The maximum absolute atomic E-state index is 10.5. The van der Waals surface area contributed by atoms with Crippen LogP contribution in [0.5, 0.6) is 11.5 Å². The van der Waals surface area contributed by atoms with Crippen molar-refractivity contribution in [3.05, 3.63) is 22.2 Å². The number of aryl methyl sites for hydroxylation is 1. The second-order valence-electron chi connectivity index (χ2n) is 3.97. The molecule has 0 bridgehead atoms. The van der Waals surface area contributed by atoms with E-state index < -0.39 is 5.97 Å². The summed E-state index contributed by atoms with van der Waals surface area (Å²) in [6.45, 7) is 1.88. The lowest BCUT2D eigenvalue weighted by atomic mass is 10.0. The van der Waals surface area contributed by atoms with Gasteiger partial charge in [0.05, 0.1) is 19.2 Å². The van der Waals surface area contributed by atoms with Gasteiger partial charge in [-0.3, -0.25) is 4.79 Å². The number of carbonyl (C=O) groups is 1. The molecule has 0 fully saturated rings. The first kappa shape index (κ1) is 14.6. The summed E-state index contributed by atoms with van der Waals surface area (Å²) in [5, 5.41) is 9.14. The van der Waals surface area contributed by atoms with Gasteiger partial charge in [0.15, 0.2) is 0 Å². The summed E-state index contributed by atoms with van der Waals surface area (Å²) < 4.78 is 10.5. The van der Waals surface area contributed by atoms with Crippen molar-refractivity contribution < 1.29 is 19.4 Å². The smallest absolute Gasteiger partial charge is 0.303 e. The molecule has 0 atom stereocenters. The van der Waals surface area contributed by atoms with E-state index in [2.05, 4.69) is 0 Å². The van der Waals surface area contributed by atoms with Crippen LogP contribution < -0.4 is 9.47 Å². The molecule has 1 aromatic rings. The number of carboxylic acid groups (broad SMARTS) is 1. The third kappa shape index (κ3) is 3.29. The molecule has 18 heavy (non-hydrogen) atoms. The van der Waals surface area contributed by atoms with Gasteiger partial charge in [0.25, 0.3) is 0 Å². The summed E-state index contributed by atoms with van der Waals surface area (Å²) in [6, 6.07) is 1.85. The zero-order valence-corrected chi connectivity index (χ0v) is 11.5. The van der Waals surface area contributed by atoms with Crippen molar-refractivity contribution in [2.45, 2.75) is 26.2 Å². The van der Waals surface area contributed by atoms with E-state index in [1.54, 1.807) is 14.2 Å². The van der Waals surface area contributed by atoms with Crippen LogP contribution >= 0.6 is 11.6 Å². The van der Waals surface area contributed by atoms with E-state index >= 15 is 0 Å². The molecular formula is C13H17ClO4. The van der Waals surface area contributed by atoms with Crippen LogP contribution in [0.3, 0.4) is 0 Å². The minimum atomic E-state index is -0.816. The highest BCUT2D eigenvalue weighted by Crippen LogP contribution is 2.38. The van der Waals surface area contributed by atoms with E-state index in [4.69, 9.17) is 26.2 Å². The van der Waals surface area contributed by atoms with Crippen LogP contribution in [-0.4, -0.2) is 25.3 Å². The van der Waals surface area contributed by atoms with E-state index in [1.165, 1.54) is 0 Å². The highest BCUT2D eigenvalue weighted by atomic mass is 35.5. The molecule has 0 spiro atoms. The van der Waals surface area contributed by atoms with Crippen LogP contribution in [-0.2, 0) is 11.2 Å². The Hall–Kier alpha value is -1.42. The second kappa shape index (κ2) is 6.50. The summed E-state index contributed by atoms with van der Waals surface area (Å²) in [7, 11) is 3.12. The van der Waals surface area contributed by atoms with Crippen LogP contribution in [0.25, 0.3) is 0 Å². The fourth-order valence-corrected chi connectivity index (χ4v) is 2.26. The number of hydrogen-bond donors (Lipinski definition) is 1. The van der Waals surface area contributed by atoms with Crippen molar-refractivity contribution in [3.8, 4) is 11.5 Å². The molecule has 1 aromatic carbocycles. The third-order valence-corrected chi connectivity index (χ3v) is 3.11. The van der Waals surface area contributed by atoms with Crippen molar-refractivity contribution >= 4 is 17.6 Å². The topological polar surface area (TPSA) is 55.8 Å². The molecule has 0 heterocycles. The summed E-state index contributed by atoms with van der Waals surface area (Å²) in [6.07, 6.45) is 1.16. The molecule has 0 aliphatic rings. The van der Waals surface area contributed by atoms with Crippen LogP contribution in [0.15, 0.2) is 6.07 Å². The molecule has 5 heteroatoms. The molecular weight excluding hydrogens is 256 g/mol. The van der Waals surface area contributed by atoms with Crippen molar-refractivity contribution in [2.24, 2.45) is 0 Å². The first-order valence-corrected chi connectivity index (χ1v) is 6.00. The van der Waals surface area contributed by atoms with Gasteiger partial charge in [-0.1, -0.05) is 11.6 Å². The Morgan fingerprint density at radius 3 is 2.56 bits per heavy atom. The molecule has 0 aliphatic heterocycles. The monoisotopic (exact) mass is 272 g/mol. The van der Waals surface area contributed by atoms with Gasteiger partial charge in [-0.15, -0.1) is 0 Å². The van der Waals surface area contributed by atoms with E-state index in [0.29, 0.717) is 29.4 Å². The lowest BCUT2D eigenvalue weighted by Crippen LogP contribution is -2.01. The number of aliphatic carboxylic acids is 1. The molecule has 1 rings (SSSR count). The van der Waals surface area contributed by atoms with Gasteiger partial charge in [0, 0.05) is 12.0 Å². The molecule has 0 saturated carbocycles. The Bertz CT molecular complexity index is 443. The second-order valence-corrected chi connectivity index (χ2v) is 4.35. The van der Waals surface area contributed by atoms with E-state index in [9.17, 15) is 4.79 Å². The predicted octanol–water partition coefficient (Wildman–Crippen LogP) is 3.07.